The molecule has 6 nitrogen and oxygen atoms in total. The van der Waals surface area contributed by atoms with Crippen LogP contribution < -0.4 is 4.90 Å². The van der Waals surface area contributed by atoms with Gasteiger partial charge in [-0.15, -0.1) is 0 Å². The van der Waals surface area contributed by atoms with Gasteiger partial charge in [-0.1, -0.05) is 24.3 Å². The van der Waals surface area contributed by atoms with E-state index < -0.39 is 6.10 Å². The third-order valence-electron chi connectivity index (χ3n) is 4.62. The summed E-state index contributed by atoms with van der Waals surface area (Å²) in [5.74, 6) is 0.584. The van der Waals surface area contributed by atoms with Crippen LogP contribution in [0.1, 0.15) is 11.4 Å². The molecule has 6 heteroatoms. The first kappa shape index (κ1) is 15.5. The van der Waals surface area contributed by atoms with Gasteiger partial charge in [0.15, 0.2) is 11.5 Å². The number of hydrogen-bond acceptors (Lipinski definition) is 6. The highest BCUT2D eigenvalue weighted by Crippen LogP contribution is 2.26. The van der Waals surface area contributed by atoms with Crippen molar-refractivity contribution in [3.8, 4) is 6.07 Å². The van der Waals surface area contributed by atoms with E-state index in [-0.39, 0.29) is 5.92 Å². The molecule has 0 amide bonds. The van der Waals surface area contributed by atoms with E-state index in [4.69, 9.17) is 4.98 Å². The van der Waals surface area contributed by atoms with Crippen LogP contribution in [0.5, 0.6) is 0 Å². The SMILES string of the molecule is N#Cc1nccnc1N1C[C@@H](Cc2ccc3ccccc3n2)[C@H](O)C1. The molecule has 0 bridgehead atoms. The van der Waals surface area contributed by atoms with Crippen molar-refractivity contribution in [3.05, 3.63) is 60.2 Å². The number of nitrogens with zero attached hydrogens (tertiary/aromatic N) is 5. The molecule has 1 N–H and O–H groups in total. The quantitative estimate of drug-likeness (QED) is 0.789. The van der Waals surface area contributed by atoms with Crippen molar-refractivity contribution in [1.29, 1.82) is 5.26 Å². The molecule has 124 valence electrons. The fraction of sp³-hybridized carbons (Fsp3) is 0.263. The second kappa shape index (κ2) is 6.46. The number of fused-ring (bicyclic) bond motifs is 1. The fourth-order valence-corrected chi connectivity index (χ4v) is 3.36. The monoisotopic (exact) mass is 331 g/mol. The van der Waals surface area contributed by atoms with E-state index in [0.717, 1.165) is 16.6 Å². The Morgan fingerprint density at radius 1 is 1.12 bits per heavy atom. The molecule has 0 radical (unpaired) electrons. The van der Waals surface area contributed by atoms with Gasteiger partial charge in [-0.05, 0) is 18.6 Å². The van der Waals surface area contributed by atoms with E-state index >= 15 is 0 Å². The number of nitriles is 1. The molecule has 3 heterocycles. The molecule has 0 aliphatic carbocycles. The van der Waals surface area contributed by atoms with E-state index in [9.17, 15) is 10.4 Å². The number of pyridine rings is 1. The molecule has 1 fully saturated rings. The molecule has 2 atom stereocenters. The summed E-state index contributed by atoms with van der Waals surface area (Å²) < 4.78 is 0. The highest BCUT2D eigenvalue weighted by atomic mass is 16.3. The van der Waals surface area contributed by atoms with Crippen molar-refractivity contribution in [2.75, 3.05) is 18.0 Å². The fourth-order valence-electron chi connectivity index (χ4n) is 3.36. The van der Waals surface area contributed by atoms with E-state index in [1.165, 1.54) is 6.20 Å². The Labute approximate surface area is 145 Å². The van der Waals surface area contributed by atoms with Gasteiger partial charge in [0.2, 0.25) is 0 Å². The second-order valence-electron chi connectivity index (χ2n) is 6.27. The number of aliphatic hydroxyl groups is 1. The molecule has 0 unspecified atom stereocenters. The Balaban J connectivity index is 1.54. The molecule has 1 aromatic carbocycles. The van der Waals surface area contributed by atoms with Gasteiger partial charge >= 0.3 is 0 Å². The van der Waals surface area contributed by atoms with Gasteiger partial charge in [-0.3, -0.25) is 4.98 Å². The molecule has 2 aromatic heterocycles. The van der Waals surface area contributed by atoms with Gasteiger partial charge in [0, 0.05) is 42.5 Å². The first-order valence-electron chi connectivity index (χ1n) is 8.23. The van der Waals surface area contributed by atoms with E-state index in [2.05, 4.69) is 22.1 Å². The van der Waals surface area contributed by atoms with Gasteiger partial charge in [-0.2, -0.15) is 5.26 Å². The van der Waals surface area contributed by atoms with E-state index in [1.54, 1.807) is 6.20 Å². The number of aliphatic hydroxyl groups excluding tert-OH is 1. The summed E-state index contributed by atoms with van der Waals surface area (Å²) in [4.78, 5) is 14.9. The average Bonchev–Trinajstić information content (AvgIpc) is 3.02. The van der Waals surface area contributed by atoms with Crippen molar-refractivity contribution >= 4 is 16.7 Å². The minimum atomic E-state index is -0.484. The number of β-amino-alcohol motifs (C(OH)–C–C–N with tert-alkyl or cyclic N) is 1. The summed E-state index contributed by atoms with van der Waals surface area (Å²) in [6.07, 6.45) is 3.28. The van der Waals surface area contributed by atoms with Crippen LogP contribution in [0.3, 0.4) is 0 Å². The predicted octanol–water partition coefficient (Wildman–Crippen LogP) is 1.94. The van der Waals surface area contributed by atoms with E-state index in [0.29, 0.717) is 31.0 Å². The molecule has 3 aromatic rings. The van der Waals surface area contributed by atoms with Gasteiger partial charge in [0.1, 0.15) is 6.07 Å². The summed E-state index contributed by atoms with van der Waals surface area (Å²) in [5.41, 5.74) is 2.22. The van der Waals surface area contributed by atoms with Crippen LogP contribution in [0.15, 0.2) is 48.8 Å². The van der Waals surface area contributed by atoms with Crippen LogP contribution in [0, 0.1) is 17.2 Å². The topological polar surface area (TPSA) is 85.9 Å². The highest BCUT2D eigenvalue weighted by molar-refractivity contribution is 5.78. The van der Waals surface area contributed by atoms with Gasteiger partial charge in [-0.25, -0.2) is 9.97 Å². The Morgan fingerprint density at radius 2 is 1.96 bits per heavy atom. The lowest BCUT2D eigenvalue weighted by atomic mass is 9.99. The minimum Gasteiger partial charge on any atom is -0.391 e. The number of hydrogen-bond donors (Lipinski definition) is 1. The molecule has 0 saturated carbocycles. The lowest BCUT2D eigenvalue weighted by Gasteiger charge is -2.17. The second-order valence-corrected chi connectivity index (χ2v) is 6.27. The smallest absolute Gasteiger partial charge is 0.183 e. The number of rotatable bonds is 3. The zero-order valence-corrected chi connectivity index (χ0v) is 13.6. The standard InChI is InChI=1S/C19H17N5O/c20-10-17-19(22-8-7-21-17)24-11-14(18(25)12-24)9-15-6-5-13-3-1-2-4-16(13)23-15/h1-8,14,18,25H,9,11-12H2/t14-,18-/m1/s1. The first-order chi connectivity index (χ1) is 12.2. The molecule has 1 aliphatic rings. The third-order valence-corrected chi connectivity index (χ3v) is 4.62. The van der Waals surface area contributed by atoms with Crippen molar-refractivity contribution in [3.63, 3.8) is 0 Å². The average molecular weight is 331 g/mol. The molecule has 4 rings (SSSR count). The Hall–Kier alpha value is -3.04. The Kier molecular flexibility index (Phi) is 4.00. The molecule has 1 aliphatic heterocycles. The van der Waals surface area contributed by atoms with Crippen LogP contribution in [0.2, 0.25) is 0 Å². The van der Waals surface area contributed by atoms with E-state index in [1.807, 2.05) is 35.2 Å². The van der Waals surface area contributed by atoms with Crippen molar-refractivity contribution in [2.45, 2.75) is 12.5 Å². The van der Waals surface area contributed by atoms with Crippen LogP contribution in [-0.4, -0.2) is 39.3 Å². The lowest BCUT2D eigenvalue weighted by Crippen LogP contribution is -2.23. The summed E-state index contributed by atoms with van der Waals surface area (Å²) in [7, 11) is 0. The van der Waals surface area contributed by atoms with Crippen LogP contribution in [0.4, 0.5) is 5.82 Å². The van der Waals surface area contributed by atoms with Crippen molar-refractivity contribution < 1.29 is 5.11 Å². The summed E-state index contributed by atoms with van der Waals surface area (Å²) in [6.45, 7) is 1.08. The number of para-hydroxylation sites is 1. The molecular formula is C19H17N5O. The zero-order valence-electron chi connectivity index (χ0n) is 13.6. The van der Waals surface area contributed by atoms with Crippen molar-refractivity contribution in [2.24, 2.45) is 5.92 Å². The van der Waals surface area contributed by atoms with Gasteiger partial charge < -0.3 is 10.0 Å². The largest absolute Gasteiger partial charge is 0.391 e. The Bertz CT molecular complexity index is 952. The van der Waals surface area contributed by atoms with Crippen LogP contribution in [-0.2, 0) is 6.42 Å². The van der Waals surface area contributed by atoms with Gasteiger partial charge in [0.05, 0.1) is 11.6 Å². The molecular weight excluding hydrogens is 314 g/mol. The minimum absolute atomic E-state index is 0.0437. The summed E-state index contributed by atoms with van der Waals surface area (Å²) >= 11 is 0. The Morgan fingerprint density at radius 3 is 2.84 bits per heavy atom. The molecule has 25 heavy (non-hydrogen) atoms. The maximum atomic E-state index is 10.5. The number of anilines is 1. The van der Waals surface area contributed by atoms with Crippen LogP contribution in [0.25, 0.3) is 10.9 Å². The molecule has 0 spiro atoms. The normalized spacial score (nSPS) is 19.9. The van der Waals surface area contributed by atoms with Gasteiger partial charge in [0.25, 0.3) is 0 Å². The number of aromatic nitrogens is 3. The third kappa shape index (κ3) is 3.02. The lowest BCUT2D eigenvalue weighted by molar-refractivity contribution is 0.148. The summed E-state index contributed by atoms with van der Waals surface area (Å²) in [5, 5.41) is 20.8. The highest BCUT2D eigenvalue weighted by Gasteiger charge is 2.33. The zero-order chi connectivity index (χ0) is 17.2. The summed E-state index contributed by atoms with van der Waals surface area (Å²) in [6, 6.07) is 14.1. The number of benzene rings is 1. The molecule has 1 saturated heterocycles. The predicted molar refractivity (Wildman–Crippen MR) is 93.9 cm³/mol. The first-order valence-corrected chi connectivity index (χ1v) is 8.23. The maximum absolute atomic E-state index is 10.5. The van der Waals surface area contributed by atoms with Crippen molar-refractivity contribution in [1.82, 2.24) is 15.0 Å². The van der Waals surface area contributed by atoms with Crippen LogP contribution >= 0.6 is 0 Å². The maximum Gasteiger partial charge on any atom is 0.183 e.